The Morgan fingerprint density at radius 1 is 1.41 bits per heavy atom. The third-order valence-corrected chi connectivity index (χ3v) is 5.82. The van der Waals surface area contributed by atoms with Crippen LogP contribution in [-0.2, 0) is 21.3 Å². The molecule has 0 atom stereocenters. The number of nitrogens with zero attached hydrogens (tertiary/aromatic N) is 4. The lowest BCUT2D eigenvalue weighted by Crippen LogP contribution is -2.46. The van der Waals surface area contributed by atoms with Gasteiger partial charge in [-0.15, -0.1) is 5.10 Å². The van der Waals surface area contributed by atoms with Crippen LogP contribution in [0, 0.1) is 11.3 Å². The van der Waals surface area contributed by atoms with Gasteiger partial charge in [-0.25, -0.2) is 18.2 Å². The van der Waals surface area contributed by atoms with E-state index >= 15 is 0 Å². The van der Waals surface area contributed by atoms with Gasteiger partial charge in [-0.2, -0.15) is 5.26 Å². The zero-order valence-electron chi connectivity index (χ0n) is 11.8. The van der Waals surface area contributed by atoms with Crippen LogP contribution in [0.1, 0.15) is 36.1 Å². The number of benzene rings is 1. The highest BCUT2D eigenvalue weighted by Crippen LogP contribution is 2.45. The summed E-state index contributed by atoms with van der Waals surface area (Å²) in [6.45, 7) is 0.420. The molecule has 0 bridgehead atoms. The van der Waals surface area contributed by atoms with Crippen LogP contribution in [0.2, 0.25) is 0 Å². The van der Waals surface area contributed by atoms with Crippen LogP contribution in [-0.4, -0.2) is 23.4 Å². The van der Waals surface area contributed by atoms with E-state index in [0.717, 1.165) is 12.0 Å². The summed E-state index contributed by atoms with van der Waals surface area (Å²) in [6.07, 6.45) is 3.40. The van der Waals surface area contributed by atoms with Gasteiger partial charge in [-0.3, -0.25) is 0 Å². The maximum Gasteiger partial charge on any atom is 0.220 e. The van der Waals surface area contributed by atoms with Crippen LogP contribution in [0.3, 0.4) is 0 Å². The maximum atomic E-state index is 11.9. The summed E-state index contributed by atoms with van der Waals surface area (Å²) in [5.41, 5.74) is 1.87. The minimum Gasteiger partial charge on any atom is -0.248 e. The van der Waals surface area contributed by atoms with Crippen LogP contribution >= 0.6 is 0 Å². The molecule has 0 radical (unpaired) electrons. The molecule has 114 valence electrons. The normalized spacial score (nSPS) is 16.7. The fourth-order valence-electron chi connectivity index (χ4n) is 2.70. The van der Waals surface area contributed by atoms with E-state index < -0.39 is 14.8 Å². The van der Waals surface area contributed by atoms with Crippen molar-refractivity contribution in [3.8, 4) is 6.07 Å². The van der Waals surface area contributed by atoms with Crippen molar-refractivity contribution >= 4 is 10.0 Å². The Morgan fingerprint density at radius 2 is 2.18 bits per heavy atom. The second-order valence-corrected chi connectivity index (χ2v) is 7.38. The van der Waals surface area contributed by atoms with Crippen molar-refractivity contribution in [3.05, 3.63) is 47.3 Å². The van der Waals surface area contributed by atoms with Crippen LogP contribution in [0.4, 0.5) is 0 Å². The number of nitriles is 1. The first kappa shape index (κ1) is 14.7. The number of sulfonamides is 1. The Hall–Kier alpha value is -2.24. The summed E-state index contributed by atoms with van der Waals surface area (Å²) in [4.78, 5) is 0. The third kappa shape index (κ3) is 2.38. The van der Waals surface area contributed by atoms with Gasteiger partial charge in [0.1, 0.15) is 10.4 Å². The van der Waals surface area contributed by atoms with E-state index in [4.69, 9.17) is 10.4 Å². The molecule has 0 amide bonds. The van der Waals surface area contributed by atoms with Crippen molar-refractivity contribution in [3.63, 3.8) is 0 Å². The molecule has 0 aliphatic heterocycles. The van der Waals surface area contributed by atoms with Gasteiger partial charge in [-0.1, -0.05) is 17.3 Å². The lowest BCUT2D eigenvalue weighted by Gasteiger charge is -2.37. The molecular weight excluding hydrogens is 302 g/mol. The molecule has 1 aromatic carbocycles. The van der Waals surface area contributed by atoms with E-state index in [9.17, 15) is 8.42 Å². The Kier molecular flexibility index (Phi) is 3.47. The van der Waals surface area contributed by atoms with E-state index in [0.29, 0.717) is 30.6 Å². The van der Waals surface area contributed by atoms with Crippen molar-refractivity contribution in [2.24, 2.45) is 5.14 Å². The minimum atomic E-state index is -3.71. The second kappa shape index (κ2) is 5.19. The zero-order valence-corrected chi connectivity index (χ0v) is 12.6. The topological polar surface area (TPSA) is 115 Å². The lowest BCUT2D eigenvalue weighted by atomic mass is 9.82. The maximum absolute atomic E-state index is 11.9. The molecule has 1 aliphatic carbocycles. The van der Waals surface area contributed by atoms with Crippen LogP contribution in [0.15, 0.2) is 30.5 Å². The number of hydrogen-bond acceptors (Lipinski definition) is 5. The summed E-state index contributed by atoms with van der Waals surface area (Å²) in [7, 11) is -3.71. The van der Waals surface area contributed by atoms with Gasteiger partial charge in [0.05, 0.1) is 24.4 Å². The minimum absolute atomic E-state index is 0.401. The third-order valence-electron chi connectivity index (χ3n) is 4.11. The van der Waals surface area contributed by atoms with Gasteiger partial charge in [0.25, 0.3) is 0 Å². The van der Waals surface area contributed by atoms with Crippen molar-refractivity contribution in [1.29, 1.82) is 5.26 Å². The summed E-state index contributed by atoms with van der Waals surface area (Å²) in [5, 5.41) is 22.3. The van der Waals surface area contributed by atoms with Gasteiger partial charge in [-0.05, 0) is 37.0 Å². The molecule has 1 aromatic heterocycles. The Labute approximate surface area is 128 Å². The van der Waals surface area contributed by atoms with Crippen molar-refractivity contribution in [1.82, 2.24) is 15.0 Å². The van der Waals surface area contributed by atoms with E-state index in [1.807, 2.05) is 6.07 Å². The average Bonchev–Trinajstić information content (AvgIpc) is 2.84. The van der Waals surface area contributed by atoms with Gasteiger partial charge in [0.2, 0.25) is 10.0 Å². The van der Waals surface area contributed by atoms with E-state index in [1.165, 1.54) is 0 Å². The Morgan fingerprint density at radius 3 is 2.77 bits per heavy atom. The van der Waals surface area contributed by atoms with Gasteiger partial charge < -0.3 is 0 Å². The van der Waals surface area contributed by atoms with Crippen molar-refractivity contribution < 1.29 is 8.42 Å². The molecule has 1 heterocycles. The SMILES string of the molecule is N#Cc1cccc(Cn2cc(C3(S(N)(=O)=O)CCC3)nn2)c1. The molecule has 0 saturated heterocycles. The predicted octanol–water partition coefficient (Wildman–Crippen LogP) is 0.866. The van der Waals surface area contributed by atoms with Crippen LogP contribution in [0.25, 0.3) is 0 Å². The summed E-state index contributed by atoms with van der Waals surface area (Å²) >= 11 is 0. The first-order valence-corrected chi connectivity index (χ1v) is 8.41. The van der Waals surface area contributed by atoms with Gasteiger partial charge in [0.15, 0.2) is 0 Å². The fourth-order valence-corrected chi connectivity index (χ4v) is 3.94. The second-order valence-electron chi connectivity index (χ2n) is 5.51. The number of rotatable bonds is 4. The summed E-state index contributed by atoms with van der Waals surface area (Å²) < 4.78 is 24.2. The van der Waals surface area contributed by atoms with E-state index in [1.54, 1.807) is 29.1 Å². The zero-order chi connectivity index (χ0) is 15.8. The highest BCUT2D eigenvalue weighted by Gasteiger charge is 2.50. The number of nitrogens with two attached hydrogens (primary N) is 1. The standard InChI is InChI=1S/C14H15N5O2S/c15-8-11-3-1-4-12(7-11)9-19-10-13(17-18-19)14(5-2-6-14)22(16,20)21/h1,3-4,7,10H,2,5-6,9H2,(H2,16,20,21). The molecule has 2 N–H and O–H groups in total. The van der Waals surface area contributed by atoms with Crippen molar-refractivity contribution in [2.45, 2.75) is 30.6 Å². The molecule has 0 unspecified atom stereocenters. The quantitative estimate of drug-likeness (QED) is 0.898. The average molecular weight is 317 g/mol. The molecule has 22 heavy (non-hydrogen) atoms. The smallest absolute Gasteiger partial charge is 0.220 e. The van der Waals surface area contributed by atoms with Crippen LogP contribution in [0.5, 0.6) is 0 Å². The van der Waals surface area contributed by atoms with Gasteiger partial charge >= 0.3 is 0 Å². The van der Waals surface area contributed by atoms with Crippen LogP contribution < -0.4 is 5.14 Å². The Balaban J connectivity index is 1.87. The van der Waals surface area contributed by atoms with Crippen molar-refractivity contribution in [2.75, 3.05) is 0 Å². The molecule has 7 nitrogen and oxygen atoms in total. The summed E-state index contributed by atoms with van der Waals surface area (Å²) in [6, 6.07) is 9.24. The molecule has 8 heteroatoms. The highest BCUT2D eigenvalue weighted by atomic mass is 32.2. The number of hydrogen-bond donors (Lipinski definition) is 1. The number of aromatic nitrogens is 3. The molecular formula is C14H15N5O2S. The van der Waals surface area contributed by atoms with E-state index in [-0.39, 0.29) is 0 Å². The molecule has 3 rings (SSSR count). The highest BCUT2D eigenvalue weighted by molar-refractivity contribution is 7.90. The van der Waals surface area contributed by atoms with Gasteiger partial charge in [0, 0.05) is 0 Å². The molecule has 1 fully saturated rings. The largest absolute Gasteiger partial charge is 0.248 e. The first-order valence-electron chi connectivity index (χ1n) is 6.87. The molecule has 1 saturated carbocycles. The monoisotopic (exact) mass is 317 g/mol. The molecule has 2 aromatic rings. The van der Waals surface area contributed by atoms with E-state index in [2.05, 4.69) is 16.4 Å². The first-order chi connectivity index (χ1) is 10.4. The predicted molar refractivity (Wildman–Crippen MR) is 78.9 cm³/mol. The molecule has 1 aliphatic rings. The molecule has 0 spiro atoms. The lowest BCUT2D eigenvalue weighted by molar-refractivity contribution is 0.337. The Bertz CT molecular complexity index is 846. The summed E-state index contributed by atoms with van der Waals surface area (Å²) in [5.74, 6) is 0. The number of primary sulfonamides is 1. The fraction of sp³-hybridized carbons (Fsp3) is 0.357.